The maximum Gasteiger partial charge on any atom is 0.227 e. The van der Waals surface area contributed by atoms with Crippen molar-refractivity contribution in [1.29, 1.82) is 0 Å². The van der Waals surface area contributed by atoms with Crippen molar-refractivity contribution in [3.63, 3.8) is 0 Å². The second-order valence-corrected chi connectivity index (χ2v) is 4.60. The van der Waals surface area contributed by atoms with E-state index in [9.17, 15) is 13.6 Å². The zero-order valence-electron chi connectivity index (χ0n) is 11.3. The lowest BCUT2D eigenvalue weighted by molar-refractivity contribution is -0.131. The van der Waals surface area contributed by atoms with Crippen molar-refractivity contribution in [1.82, 2.24) is 4.90 Å². The summed E-state index contributed by atoms with van der Waals surface area (Å²) in [5, 5.41) is 11.3. The van der Waals surface area contributed by atoms with E-state index in [0.29, 0.717) is 0 Å². The molecule has 0 radical (unpaired) electrons. The number of benzene rings is 1. The number of rotatable bonds is 5. The summed E-state index contributed by atoms with van der Waals surface area (Å²) in [7, 11) is 0. The van der Waals surface area contributed by atoms with Gasteiger partial charge in [0.25, 0.3) is 0 Å². The van der Waals surface area contributed by atoms with Crippen molar-refractivity contribution < 1.29 is 18.8 Å². The van der Waals surface area contributed by atoms with E-state index in [1.165, 1.54) is 17.0 Å². The van der Waals surface area contributed by atoms with Gasteiger partial charge in [0.05, 0.1) is 13.0 Å². The molecule has 0 saturated heterocycles. The summed E-state index contributed by atoms with van der Waals surface area (Å²) in [6.45, 7) is 3.40. The van der Waals surface area contributed by atoms with Gasteiger partial charge in [-0.05, 0) is 19.9 Å². The Morgan fingerprint density at radius 1 is 1.45 bits per heavy atom. The molecule has 0 heterocycles. The Balaban J connectivity index is 2.89. The summed E-state index contributed by atoms with van der Waals surface area (Å²) in [5.41, 5.74) is 5.34. The summed E-state index contributed by atoms with van der Waals surface area (Å²) in [5.74, 6) is -2.60. The molecule has 1 aromatic carbocycles. The average Bonchev–Trinajstić information content (AvgIpc) is 2.40. The summed E-state index contributed by atoms with van der Waals surface area (Å²) in [6, 6.07) is 3.45. The van der Waals surface area contributed by atoms with Gasteiger partial charge in [-0.15, -0.1) is 0 Å². The molecule has 1 amide bonds. The minimum Gasteiger partial charge on any atom is -0.409 e. The number of oxime groups is 1. The van der Waals surface area contributed by atoms with E-state index >= 15 is 0 Å². The van der Waals surface area contributed by atoms with Crippen LogP contribution < -0.4 is 5.73 Å². The van der Waals surface area contributed by atoms with Crippen molar-refractivity contribution in [3.05, 3.63) is 35.4 Å². The highest BCUT2D eigenvalue weighted by atomic mass is 19.2. The maximum absolute atomic E-state index is 13.5. The third-order valence-electron chi connectivity index (χ3n) is 2.78. The number of hydrogen-bond donors (Lipinski definition) is 2. The molecule has 0 aliphatic carbocycles. The molecule has 110 valence electrons. The normalized spacial score (nSPS) is 11.8. The Morgan fingerprint density at radius 2 is 2.10 bits per heavy atom. The minimum atomic E-state index is -1.03. The van der Waals surface area contributed by atoms with Gasteiger partial charge in [-0.3, -0.25) is 4.79 Å². The first-order valence-corrected chi connectivity index (χ1v) is 6.05. The monoisotopic (exact) mass is 285 g/mol. The van der Waals surface area contributed by atoms with Gasteiger partial charge in [0.15, 0.2) is 17.5 Å². The molecule has 0 fully saturated rings. The van der Waals surface area contributed by atoms with Crippen molar-refractivity contribution in [3.8, 4) is 0 Å². The molecule has 1 aromatic rings. The number of carbonyl (C=O) groups excluding carboxylic acids is 1. The average molecular weight is 285 g/mol. The Morgan fingerprint density at radius 3 is 2.65 bits per heavy atom. The zero-order chi connectivity index (χ0) is 15.3. The molecule has 3 N–H and O–H groups in total. The van der Waals surface area contributed by atoms with Gasteiger partial charge in [-0.2, -0.15) is 0 Å². The van der Waals surface area contributed by atoms with Crippen LogP contribution in [0.5, 0.6) is 0 Å². The van der Waals surface area contributed by atoms with Crippen molar-refractivity contribution in [2.75, 3.05) is 6.54 Å². The summed E-state index contributed by atoms with van der Waals surface area (Å²) in [6.07, 6.45) is -0.291. The Kier molecular flexibility index (Phi) is 5.42. The molecule has 0 atom stereocenters. The van der Waals surface area contributed by atoms with E-state index in [-0.39, 0.29) is 30.4 Å². The van der Waals surface area contributed by atoms with E-state index in [1.54, 1.807) is 13.8 Å². The highest BCUT2D eigenvalue weighted by molar-refractivity contribution is 5.87. The second kappa shape index (κ2) is 6.83. The number of nitrogens with two attached hydrogens (primary N) is 1. The molecule has 0 saturated carbocycles. The number of amides is 1. The Bertz CT molecular complexity index is 518. The van der Waals surface area contributed by atoms with Crippen LogP contribution in [0.15, 0.2) is 23.4 Å². The van der Waals surface area contributed by atoms with Gasteiger partial charge in [0.2, 0.25) is 5.91 Å². The molecule has 0 aliphatic heterocycles. The molecule has 20 heavy (non-hydrogen) atoms. The van der Waals surface area contributed by atoms with E-state index in [4.69, 9.17) is 10.9 Å². The molecule has 5 nitrogen and oxygen atoms in total. The van der Waals surface area contributed by atoms with Gasteiger partial charge in [-0.1, -0.05) is 17.3 Å². The van der Waals surface area contributed by atoms with Crippen LogP contribution in [0.2, 0.25) is 0 Å². The van der Waals surface area contributed by atoms with Crippen LogP contribution in [0, 0.1) is 11.6 Å². The predicted octanol–water partition coefficient (Wildman–Crippen LogP) is 1.49. The lowest BCUT2D eigenvalue weighted by Gasteiger charge is -2.26. The predicted molar refractivity (Wildman–Crippen MR) is 70.3 cm³/mol. The zero-order valence-corrected chi connectivity index (χ0v) is 11.3. The molecule has 7 heteroatoms. The number of amidine groups is 1. The smallest absolute Gasteiger partial charge is 0.227 e. The van der Waals surface area contributed by atoms with Crippen molar-refractivity contribution in [2.24, 2.45) is 10.9 Å². The van der Waals surface area contributed by atoms with Gasteiger partial charge < -0.3 is 15.8 Å². The minimum absolute atomic E-state index is 0.0276. The SMILES string of the molecule is CC(C)N(C/C(N)=N/O)C(=O)Cc1cccc(F)c1F. The number of carbonyl (C=O) groups is 1. The molecule has 0 bridgehead atoms. The molecular weight excluding hydrogens is 268 g/mol. The second-order valence-electron chi connectivity index (χ2n) is 4.60. The topological polar surface area (TPSA) is 78.9 Å². The Labute approximate surface area is 115 Å². The largest absolute Gasteiger partial charge is 0.409 e. The van der Waals surface area contributed by atoms with E-state index < -0.39 is 17.5 Å². The van der Waals surface area contributed by atoms with Crippen LogP contribution >= 0.6 is 0 Å². The highest BCUT2D eigenvalue weighted by Gasteiger charge is 2.20. The van der Waals surface area contributed by atoms with Crippen LogP contribution in [-0.4, -0.2) is 34.4 Å². The van der Waals surface area contributed by atoms with E-state index in [2.05, 4.69) is 5.16 Å². The van der Waals surface area contributed by atoms with Gasteiger partial charge in [-0.25, -0.2) is 8.78 Å². The van der Waals surface area contributed by atoms with Crippen LogP contribution in [-0.2, 0) is 11.2 Å². The molecular formula is C13H17F2N3O2. The molecule has 0 spiro atoms. The lowest BCUT2D eigenvalue weighted by atomic mass is 10.1. The summed E-state index contributed by atoms with van der Waals surface area (Å²) >= 11 is 0. The molecule has 0 aromatic heterocycles. The summed E-state index contributed by atoms with van der Waals surface area (Å²) < 4.78 is 26.6. The van der Waals surface area contributed by atoms with Gasteiger partial charge >= 0.3 is 0 Å². The number of hydrogen-bond acceptors (Lipinski definition) is 3. The fourth-order valence-electron chi connectivity index (χ4n) is 1.71. The summed E-state index contributed by atoms with van der Waals surface area (Å²) in [4.78, 5) is 13.4. The first-order valence-electron chi connectivity index (χ1n) is 6.05. The van der Waals surface area contributed by atoms with Crippen LogP contribution in [0.1, 0.15) is 19.4 Å². The lowest BCUT2D eigenvalue weighted by Crippen LogP contribution is -2.43. The fraction of sp³-hybridized carbons (Fsp3) is 0.385. The highest BCUT2D eigenvalue weighted by Crippen LogP contribution is 2.13. The third kappa shape index (κ3) is 3.91. The fourth-order valence-corrected chi connectivity index (χ4v) is 1.71. The number of nitrogens with zero attached hydrogens (tertiary/aromatic N) is 2. The maximum atomic E-state index is 13.5. The molecule has 0 unspecified atom stereocenters. The third-order valence-corrected chi connectivity index (χ3v) is 2.78. The van der Waals surface area contributed by atoms with Crippen LogP contribution in [0.3, 0.4) is 0 Å². The Hall–Kier alpha value is -2.18. The number of halogens is 2. The van der Waals surface area contributed by atoms with Gasteiger partial charge in [0, 0.05) is 11.6 Å². The quantitative estimate of drug-likeness (QED) is 0.372. The first kappa shape index (κ1) is 15.9. The van der Waals surface area contributed by atoms with E-state index in [1.807, 2.05) is 0 Å². The van der Waals surface area contributed by atoms with Crippen molar-refractivity contribution >= 4 is 11.7 Å². The van der Waals surface area contributed by atoms with Crippen molar-refractivity contribution in [2.45, 2.75) is 26.3 Å². The molecule has 0 aliphatic rings. The first-order chi connectivity index (χ1) is 9.36. The van der Waals surface area contributed by atoms with Crippen LogP contribution in [0.4, 0.5) is 8.78 Å². The van der Waals surface area contributed by atoms with Gasteiger partial charge in [0.1, 0.15) is 0 Å². The standard InChI is InChI=1S/C13H17F2N3O2/c1-8(2)18(7-11(16)17-20)12(19)6-9-4-3-5-10(14)13(9)15/h3-5,8,20H,6-7H2,1-2H3,(H2,16,17). The molecule has 1 rings (SSSR count). The van der Waals surface area contributed by atoms with E-state index in [0.717, 1.165) is 6.07 Å². The van der Waals surface area contributed by atoms with Crippen LogP contribution in [0.25, 0.3) is 0 Å².